The number of aromatic nitrogens is 4. The van der Waals surface area contributed by atoms with Crippen molar-refractivity contribution in [1.82, 2.24) is 20.2 Å². The van der Waals surface area contributed by atoms with E-state index in [4.69, 9.17) is 14.2 Å². The lowest BCUT2D eigenvalue weighted by atomic mass is 10.2. The summed E-state index contributed by atoms with van der Waals surface area (Å²) in [6, 6.07) is 17.3. The lowest BCUT2D eigenvalue weighted by molar-refractivity contribution is 0.174. The van der Waals surface area contributed by atoms with Crippen LogP contribution in [0.2, 0.25) is 0 Å². The third-order valence-electron chi connectivity index (χ3n) is 4.93. The molecule has 2 aromatic carbocycles. The van der Waals surface area contributed by atoms with Crippen LogP contribution in [0.1, 0.15) is 0 Å². The van der Waals surface area contributed by atoms with Gasteiger partial charge in [0.25, 0.3) is 0 Å². The van der Waals surface area contributed by atoms with E-state index in [9.17, 15) is 0 Å². The third kappa shape index (κ3) is 3.18. The Morgan fingerprint density at radius 3 is 2.73 bits per heavy atom. The first-order valence-electron chi connectivity index (χ1n) is 9.39. The molecule has 0 amide bonds. The van der Waals surface area contributed by atoms with Gasteiger partial charge in [0.05, 0.1) is 12.7 Å². The van der Waals surface area contributed by atoms with Crippen molar-refractivity contribution >= 4 is 11.5 Å². The summed E-state index contributed by atoms with van der Waals surface area (Å²) < 4.78 is 16.2. The van der Waals surface area contributed by atoms with Crippen LogP contribution < -0.4 is 19.1 Å². The van der Waals surface area contributed by atoms with Crippen molar-refractivity contribution in [2.45, 2.75) is 0 Å². The molecule has 0 atom stereocenters. The summed E-state index contributed by atoms with van der Waals surface area (Å²) in [5.74, 6) is 4.25. The molecular weight excluding hydrogens is 382 g/mol. The number of ether oxygens (including phenoxy) is 3. The Kier molecular flexibility index (Phi) is 4.44. The zero-order valence-electron chi connectivity index (χ0n) is 16.5. The van der Waals surface area contributed by atoms with Gasteiger partial charge in [0.15, 0.2) is 23.1 Å². The highest BCUT2D eigenvalue weighted by Gasteiger charge is 2.19. The van der Waals surface area contributed by atoms with Gasteiger partial charge in [-0.15, -0.1) is 10.2 Å². The van der Waals surface area contributed by atoms with E-state index in [2.05, 4.69) is 20.2 Å². The summed E-state index contributed by atoms with van der Waals surface area (Å²) in [5.41, 5.74) is 2.65. The molecule has 0 saturated heterocycles. The lowest BCUT2D eigenvalue weighted by Gasteiger charge is -2.20. The third-order valence-corrected chi connectivity index (χ3v) is 4.93. The predicted octanol–water partition coefficient (Wildman–Crippen LogP) is 4.04. The van der Waals surface area contributed by atoms with Crippen LogP contribution in [0.15, 0.2) is 60.8 Å². The normalized spacial score (nSPS) is 12.1. The number of H-pyrrole nitrogens is 1. The lowest BCUT2D eigenvalue weighted by Crippen LogP contribution is -2.12. The van der Waals surface area contributed by atoms with E-state index in [1.807, 2.05) is 66.5 Å². The highest BCUT2D eigenvalue weighted by atomic mass is 16.7. The molecule has 30 heavy (non-hydrogen) atoms. The fourth-order valence-corrected chi connectivity index (χ4v) is 3.35. The minimum absolute atomic E-state index is 0.239. The van der Waals surface area contributed by atoms with E-state index in [1.165, 1.54) is 0 Å². The number of pyridine rings is 1. The molecule has 0 radical (unpaired) electrons. The summed E-state index contributed by atoms with van der Waals surface area (Å²) in [6.07, 6.45) is 1.75. The van der Waals surface area contributed by atoms with Crippen LogP contribution in [0, 0.1) is 0 Å². The number of methoxy groups -OCH3 is 1. The van der Waals surface area contributed by atoms with Crippen LogP contribution in [0.4, 0.5) is 11.5 Å². The van der Waals surface area contributed by atoms with Crippen LogP contribution in [0.25, 0.3) is 22.8 Å². The molecule has 0 spiro atoms. The topological polar surface area (TPSA) is 85.4 Å². The Bertz CT molecular complexity index is 1210. The molecule has 0 unspecified atom stereocenters. The standard InChI is InChI=1S/C22H19N5O3/c1-27(15-8-9-18-19(12-15)30-13-29-18)22-17(7-4-10-23-22)21-24-20(25-26-21)14-5-3-6-16(11-14)28-2/h3-12H,13H2,1-2H3,(H,24,25,26). The van der Waals surface area contributed by atoms with Crippen LogP contribution in [0.5, 0.6) is 17.2 Å². The zero-order chi connectivity index (χ0) is 20.5. The van der Waals surface area contributed by atoms with Crippen LogP contribution in [-0.2, 0) is 0 Å². The van der Waals surface area contributed by atoms with Gasteiger partial charge < -0.3 is 24.1 Å². The molecule has 0 fully saturated rings. The monoisotopic (exact) mass is 401 g/mol. The van der Waals surface area contributed by atoms with E-state index in [-0.39, 0.29) is 6.79 Å². The Hall–Kier alpha value is -4.07. The SMILES string of the molecule is COc1cccc(-c2nnc(-c3cccnc3N(C)c3ccc4c(c3)OCO4)[nH]2)c1. The maximum absolute atomic E-state index is 5.50. The van der Waals surface area contributed by atoms with Gasteiger partial charge in [-0.2, -0.15) is 0 Å². The quantitative estimate of drug-likeness (QED) is 0.540. The predicted molar refractivity (Wildman–Crippen MR) is 112 cm³/mol. The molecule has 150 valence electrons. The van der Waals surface area contributed by atoms with Crippen molar-refractivity contribution in [2.75, 3.05) is 25.9 Å². The number of aromatic amines is 1. The molecule has 2 aromatic heterocycles. The van der Waals surface area contributed by atoms with Gasteiger partial charge in [0.2, 0.25) is 6.79 Å². The highest BCUT2D eigenvalue weighted by molar-refractivity contribution is 5.77. The van der Waals surface area contributed by atoms with E-state index in [0.717, 1.165) is 39.9 Å². The molecule has 3 heterocycles. The molecule has 0 saturated carbocycles. The van der Waals surface area contributed by atoms with Gasteiger partial charge in [0.1, 0.15) is 11.6 Å². The maximum Gasteiger partial charge on any atom is 0.231 e. The van der Waals surface area contributed by atoms with Crippen molar-refractivity contribution in [3.63, 3.8) is 0 Å². The Labute approximate surface area is 173 Å². The van der Waals surface area contributed by atoms with E-state index >= 15 is 0 Å². The Balaban J connectivity index is 1.50. The van der Waals surface area contributed by atoms with Gasteiger partial charge in [-0.1, -0.05) is 12.1 Å². The van der Waals surface area contributed by atoms with E-state index < -0.39 is 0 Å². The first kappa shape index (κ1) is 18.0. The second-order valence-electron chi connectivity index (χ2n) is 6.73. The zero-order valence-corrected chi connectivity index (χ0v) is 16.5. The minimum atomic E-state index is 0.239. The van der Waals surface area contributed by atoms with Crippen LogP contribution >= 0.6 is 0 Å². The summed E-state index contributed by atoms with van der Waals surface area (Å²) in [6.45, 7) is 0.239. The molecule has 8 heteroatoms. The number of nitrogens with one attached hydrogen (secondary N) is 1. The van der Waals surface area contributed by atoms with Crippen molar-refractivity contribution in [3.8, 4) is 40.0 Å². The van der Waals surface area contributed by atoms with Gasteiger partial charge in [-0.3, -0.25) is 0 Å². The van der Waals surface area contributed by atoms with Gasteiger partial charge in [-0.25, -0.2) is 4.98 Å². The molecular formula is C22H19N5O3. The van der Waals surface area contributed by atoms with Gasteiger partial charge >= 0.3 is 0 Å². The average molecular weight is 401 g/mol. The fourth-order valence-electron chi connectivity index (χ4n) is 3.35. The second-order valence-corrected chi connectivity index (χ2v) is 6.73. The maximum atomic E-state index is 5.50. The Morgan fingerprint density at radius 1 is 0.967 bits per heavy atom. The molecule has 1 aliphatic heterocycles. The number of rotatable bonds is 5. The fraction of sp³-hybridized carbons (Fsp3) is 0.136. The van der Waals surface area contributed by atoms with Crippen molar-refractivity contribution in [3.05, 3.63) is 60.8 Å². The summed E-state index contributed by atoms with van der Waals surface area (Å²) in [7, 11) is 3.58. The van der Waals surface area contributed by atoms with Gasteiger partial charge in [0, 0.05) is 30.6 Å². The molecule has 0 bridgehead atoms. The summed E-state index contributed by atoms with van der Waals surface area (Å²) >= 11 is 0. The molecule has 0 aliphatic carbocycles. The van der Waals surface area contributed by atoms with Crippen molar-refractivity contribution < 1.29 is 14.2 Å². The first-order valence-corrected chi connectivity index (χ1v) is 9.39. The first-order chi connectivity index (χ1) is 14.7. The highest BCUT2D eigenvalue weighted by Crippen LogP contribution is 2.38. The number of anilines is 2. The smallest absolute Gasteiger partial charge is 0.231 e. The number of hydrogen-bond acceptors (Lipinski definition) is 7. The van der Waals surface area contributed by atoms with Crippen LogP contribution in [0.3, 0.4) is 0 Å². The number of fused-ring (bicyclic) bond motifs is 1. The minimum Gasteiger partial charge on any atom is -0.497 e. The van der Waals surface area contributed by atoms with E-state index in [1.54, 1.807) is 13.3 Å². The molecule has 1 N–H and O–H groups in total. The molecule has 1 aliphatic rings. The van der Waals surface area contributed by atoms with Crippen molar-refractivity contribution in [1.29, 1.82) is 0 Å². The number of benzene rings is 2. The van der Waals surface area contributed by atoms with E-state index in [0.29, 0.717) is 11.6 Å². The summed E-state index contributed by atoms with van der Waals surface area (Å²) in [5, 5.41) is 8.67. The second kappa shape index (κ2) is 7.40. The molecule has 8 nitrogen and oxygen atoms in total. The van der Waals surface area contributed by atoms with Gasteiger partial charge in [-0.05, 0) is 36.4 Å². The molecule has 4 aromatic rings. The molecule has 5 rings (SSSR count). The number of hydrogen-bond donors (Lipinski definition) is 1. The van der Waals surface area contributed by atoms with Crippen LogP contribution in [-0.4, -0.2) is 41.1 Å². The number of nitrogens with zero attached hydrogens (tertiary/aromatic N) is 4. The summed E-state index contributed by atoms with van der Waals surface area (Å²) in [4.78, 5) is 9.85. The Morgan fingerprint density at radius 2 is 1.83 bits per heavy atom. The van der Waals surface area contributed by atoms with Crippen molar-refractivity contribution in [2.24, 2.45) is 0 Å². The largest absolute Gasteiger partial charge is 0.497 e. The average Bonchev–Trinajstić information content (AvgIpc) is 3.48.